The first-order valence-corrected chi connectivity index (χ1v) is 29.0. The van der Waals surface area contributed by atoms with Crippen LogP contribution in [0.3, 0.4) is 0 Å². The second-order valence-electron chi connectivity index (χ2n) is 19.9. The highest BCUT2D eigenvalue weighted by Gasteiger charge is 2.50. The molecule has 0 aromatic rings. The van der Waals surface area contributed by atoms with Gasteiger partial charge in [0.2, 0.25) is 0 Å². The van der Waals surface area contributed by atoms with Gasteiger partial charge in [-0.3, -0.25) is 14.4 Å². The molecule has 412 valence electrons. The van der Waals surface area contributed by atoms with Gasteiger partial charge < -0.3 is 39.0 Å². The maximum atomic E-state index is 13.1. The van der Waals surface area contributed by atoms with Gasteiger partial charge in [-0.2, -0.15) is 0 Å². The molecular weight excluding hydrogens is 901 g/mol. The minimum atomic E-state index is -1.90. The van der Waals surface area contributed by atoms with E-state index in [9.17, 15) is 34.5 Å². The third-order valence-corrected chi connectivity index (χ3v) is 13.2. The number of aliphatic hydroxyl groups excluding tert-OH is 2. The molecule has 1 saturated heterocycles. The van der Waals surface area contributed by atoms with Crippen LogP contribution in [0, 0.1) is 0 Å². The SMILES string of the molecule is CCCCC/C=C\C/C=C\CCCCCCCCCC(=O)OCC(COC1OC(C(=O)O)C(O)C(O)C1OC(=O)CCCCCCCCCCC)OC(=O)CCCCCCC/C=C\CCCCCCCC. The molecule has 1 aliphatic heterocycles. The molecule has 0 bridgehead atoms. The first kappa shape index (κ1) is 66.0. The summed E-state index contributed by atoms with van der Waals surface area (Å²) in [6.45, 7) is 5.92. The lowest BCUT2D eigenvalue weighted by atomic mass is 9.98. The monoisotopic (exact) mass is 1000 g/mol. The second kappa shape index (κ2) is 47.9. The van der Waals surface area contributed by atoms with Crippen molar-refractivity contribution in [2.24, 2.45) is 0 Å². The van der Waals surface area contributed by atoms with Gasteiger partial charge in [-0.15, -0.1) is 0 Å². The molecule has 1 rings (SSSR count). The Balaban J connectivity index is 2.68. The van der Waals surface area contributed by atoms with E-state index in [2.05, 4.69) is 57.2 Å². The number of carboxylic acid groups (broad SMARTS) is 1. The predicted octanol–water partition coefficient (Wildman–Crippen LogP) is 14.5. The van der Waals surface area contributed by atoms with Gasteiger partial charge in [-0.05, 0) is 77.0 Å². The zero-order valence-corrected chi connectivity index (χ0v) is 45.2. The molecule has 0 aromatic heterocycles. The summed E-state index contributed by atoms with van der Waals surface area (Å²) >= 11 is 0. The summed E-state index contributed by atoms with van der Waals surface area (Å²) in [6, 6.07) is 0. The number of ether oxygens (including phenoxy) is 5. The van der Waals surface area contributed by atoms with Crippen LogP contribution in [-0.4, -0.2) is 89.2 Å². The van der Waals surface area contributed by atoms with Crippen molar-refractivity contribution in [3.8, 4) is 0 Å². The van der Waals surface area contributed by atoms with E-state index in [-0.39, 0.29) is 25.9 Å². The fourth-order valence-electron chi connectivity index (χ4n) is 8.69. The fraction of sp³-hybridized carbons (Fsp3) is 0.831. The Morgan fingerprint density at radius 2 is 0.845 bits per heavy atom. The van der Waals surface area contributed by atoms with Gasteiger partial charge in [0.25, 0.3) is 0 Å². The van der Waals surface area contributed by atoms with Crippen molar-refractivity contribution >= 4 is 23.9 Å². The van der Waals surface area contributed by atoms with Crippen molar-refractivity contribution in [3.05, 3.63) is 36.5 Å². The number of carbonyl (C=O) groups is 4. The summed E-state index contributed by atoms with van der Waals surface area (Å²) in [6.07, 6.45) is 42.7. The number of esters is 3. The Kier molecular flexibility index (Phi) is 44.5. The molecule has 0 aliphatic carbocycles. The molecule has 0 aromatic carbocycles. The quantitative estimate of drug-likeness (QED) is 0.0228. The fourth-order valence-corrected chi connectivity index (χ4v) is 8.69. The molecule has 71 heavy (non-hydrogen) atoms. The molecule has 0 spiro atoms. The number of aliphatic carboxylic acids is 1. The van der Waals surface area contributed by atoms with Crippen molar-refractivity contribution in [2.75, 3.05) is 13.2 Å². The molecule has 0 amide bonds. The number of hydrogen-bond acceptors (Lipinski definition) is 11. The van der Waals surface area contributed by atoms with Crippen LogP contribution in [0.25, 0.3) is 0 Å². The highest BCUT2D eigenvalue weighted by atomic mass is 16.7. The Morgan fingerprint density at radius 3 is 1.31 bits per heavy atom. The summed E-state index contributed by atoms with van der Waals surface area (Å²) in [4.78, 5) is 50.9. The van der Waals surface area contributed by atoms with Gasteiger partial charge in [0.15, 0.2) is 24.6 Å². The molecular formula is C59H104O12. The lowest BCUT2D eigenvalue weighted by Gasteiger charge is -2.40. The summed E-state index contributed by atoms with van der Waals surface area (Å²) in [5.41, 5.74) is 0. The number of hydrogen-bond donors (Lipinski definition) is 3. The van der Waals surface area contributed by atoms with E-state index in [0.717, 1.165) is 103 Å². The maximum absolute atomic E-state index is 13.1. The molecule has 6 atom stereocenters. The smallest absolute Gasteiger partial charge is 0.335 e. The van der Waals surface area contributed by atoms with Crippen molar-refractivity contribution < 1.29 is 58.2 Å². The van der Waals surface area contributed by atoms with Crippen LogP contribution in [0.2, 0.25) is 0 Å². The van der Waals surface area contributed by atoms with E-state index in [1.807, 2.05) is 0 Å². The van der Waals surface area contributed by atoms with E-state index in [4.69, 9.17) is 23.7 Å². The number of carbonyl (C=O) groups excluding carboxylic acids is 3. The van der Waals surface area contributed by atoms with Crippen LogP contribution in [0.4, 0.5) is 0 Å². The molecule has 12 heteroatoms. The highest BCUT2D eigenvalue weighted by molar-refractivity contribution is 5.74. The maximum Gasteiger partial charge on any atom is 0.335 e. The van der Waals surface area contributed by atoms with Crippen LogP contribution >= 0.6 is 0 Å². The van der Waals surface area contributed by atoms with Gasteiger partial charge in [0.05, 0.1) is 6.61 Å². The van der Waals surface area contributed by atoms with Gasteiger partial charge in [0.1, 0.15) is 18.8 Å². The second-order valence-corrected chi connectivity index (χ2v) is 19.9. The number of rotatable bonds is 49. The van der Waals surface area contributed by atoms with E-state index in [1.54, 1.807) is 0 Å². The molecule has 1 fully saturated rings. The van der Waals surface area contributed by atoms with Gasteiger partial charge in [-0.1, -0.05) is 205 Å². The Morgan fingerprint density at radius 1 is 0.465 bits per heavy atom. The summed E-state index contributed by atoms with van der Waals surface area (Å²) in [5, 5.41) is 31.4. The normalized spacial score (nSPS) is 18.7. The number of allylic oxidation sites excluding steroid dienone is 6. The van der Waals surface area contributed by atoms with Gasteiger partial charge in [-0.25, -0.2) is 4.79 Å². The third-order valence-electron chi connectivity index (χ3n) is 13.2. The Bertz CT molecular complexity index is 1380. The number of carboxylic acids is 1. The van der Waals surface area contributed by atoms with Crippen LogP contribution in [0.15, 0.2) is 36.5 Å². The first-order valence-electron chi connectivity index (χ1n) is 29.0. The van der Waals surface area contributed by atoms with Crippen LogP contribution < -0.4 is 0 Å². The molecule has 0 radical (unpaired) electrons. The third kappa shape index (κ3) is 38.2. The van der Waals surface area contributed by atoms with Crippen LogP contribution in [0.5, 0.6) is 0 Å². The molecule has 0 saturated carbocycles. The van der Waals surface area contributed by atoms with Crippen molar-refractivity contribution in [3.63, 3.8) is 0 Å². The van der Waals surface area contributed by atoms with E-state index in [1.165, 1.54) is 103 Å². The van der Waals surface area contributed by atoms with Gasteiger partial charge in [0, 0.05) is 19.3 Å². The molecule has 1 heterocycles. The van der Waals surface area contributed by atoms with E-state index >= 15 is 0 Å². The zero-order chi connectivity index (χ0) is 51.8. The summed E-state index contributed by atoms with van der Waals surface area (Å²) in [7, 11) is 0. The Labute approximate surface area is 431 Å². The molecule has 3 N–H and O–H groups in total. The number of aliphatic hydroxyl groups is 2. The summed E-state index contributed by atoms with van der Waals surface area (Å²) < 4.78 is 28.3. The minimum absolute atomic E-state index is 0.0619. The van der Waals surface area contributed by atoms with Crippen molar-refractivity contribution in [1.29, 1.82) is 0 Å². The minimum Gasteiger partial charge on any atom is -0.479 e. The van der Waals surface area contributed by atoms with E-state index in [0.29, 0.717) is 19.3 Å². The highest BCUT2D eigenvalue weighted by Crippen LogP contribution is 2.26. The van der Waals surface area contributed by atoms with Crippen LogP contribution in [-0.2, 0) is 42.9 Å². The van der Waals surface area contributed by atoms with E-state index < -0.39 is 67.3 Å². The standard InChI is InChI=1S/C59H104O12/c1-4-7-10-13-16-19-21-23-25-26-28-29-31-34-36-39-42-45-51(60)67-48-50(69-52(61)46-43-40-38-35-32-30-27-24-22-20-17-14-11-8-5-2)49-68-59-57(55(64)54(63)56(71-59)58(65)66)70-53(62)47-44-41-37-33-18-15-12-9-6-3/h16,19,23-25,27,50,54-57,59,63-64H,4-15,17-18,20-22,26,28-49H2,1-3H3,(H,65,66)/b19-16-,25-23-,27-24-. The van der Waals surface area contributed by atoms with Crippen LogP contribution in [0.1, 0.15) is 265 Å². The number of unbranched alkanes of at least 4 members (excludes halogenated alkanes) is 29. The largest absolute Gasteiger partial charge is 0.479 e. The van der Waals surface area contributed by atoms with Gasteiger partial charge >= 0.3 is 23.9 Å². The first-order chi connectivity index (χ1) is 34.6. The molecule has 12 nitrogen and oxygen atoms in total. The topological polar surface area (TPSA) is 175 Å². The van der Waals surface area contributed by atoms with Crippen molar-refractivity contribution in [1.82, 2.24) is 0 Å². The summed E-state index contributed by atoms with van der Waals surface area (Å²) in [5.74, 6) is -3.12. The average molecular weight is 1010 g/mol. The Hall–Kier alpha value is -3.06. The molecule has 1 aliphatic rings. The average Bonchev–Trinajstić information content (AvgIpc) is 3.35. The lowest BCUT2D eigenvalue weighted by molar-refractivity contribution is -0.301. The van der Waals surface area contributed by atoms with Crippen molar-refractivity contribution in [2.45, 2.75) is 302 Å². The zero-order valence-electron chi connectivity index (χ0n) is 45.2. The molecule has 6 unspecified atom stereocenters. The lowest BCUT2D eigenvalue weighted by Crippen LogP contribution is -2.61. The predicted molar refractivity (Wildman–Crippen MR) is 285 cm³/mol.